The number of benzene rings is 1. The molecular formula is C13H12IN5O3. The number of amides is 1. The average molecular weight is 413 g/mol. The van der Waals surface area contributed by atoms with Crippen molar-refractivity contribution in [3.8, 4) is 28.8 Å². The number of hydrogen-bond donors (Lipinski definition) is 2. The standard InChI is InChI=1S/C13H12IN5O3/c1-2-21-9-6-7(5-8(14)12(9)22-4-3-15)10-11(13(16)20)18-19-17-10/h5-6H,2,4H2,1H3,(H2,16,20)(H,17,18,19). The van der Waals surface area contributed by atoms with Crippen molar-refractivity contribution < 1.29 is 14.3 Å². The van der Waals surface area contributed by atoms with Crippen molar-refractivity contribution in [1.29, 1.82) is 5.26 Å². The van der Waals surface area contributed by atoms with Gasteiger partial charge >= 0.3 is 0 Å². The van der Waals surface area contributed by atoms with Gasteiger partial charge in [-0.1, -0.05) is 0 Å². The summed E-state index contributed by atoms with van der Waals surface area (Å²) in [4.78, 5) is 11.4. The van der Waals surface area contributed by atoms with Gasteiger partial charge in [-0.05, 0) is 41.6 Å². The quantitative estimate of drug-likeness (QED) is 0.691. The molecule has 1 heterocycles. The Hall–Kier alpha value is -2.35. The van der Waals surface area contributed by atoms with E-state index in [1.165, 1.54) is 0 Å². The highest BCUT2D eigenvalue weighted by atomic mass is 127. The maximum atomic E-state index is 11.4. The number of ether oxygens (including phenoxy) is 2. The molecule has 0 aliphatic heterocycles. The summed E-state index contributed by atoms with van der Waals surface area (Å²) in [6.07, 6.45) is 0. The fraction of sp³-hybridized carbons (Fsp3) is 0.231. The van der Waals surface area contributed by atoms with Crippen LogP contribution in [0.3, 0.4) is 0 Å². The Bertz CT molecular complexity index is 738. The predicted octanol–water partition coefficient (Wildman–Crippen LogP) is 1.48. The van der Waals surface area contributed by atoms with Crippen molar-refractivity contribution in [2.45, 2.75) is 6.92 Å². The maximum Gasteiger partial charge on any atom is 0.271 e. The van der Waals surface area contributed by atoms with Crippen LogP contribution in [0, 0.1) is 14.9 Å². The number of primary amides is 1. The zero-order chi connectivity index (χ0) is 16.1. The first-order valence-corrected chi connectivity index (χ1v) is 7.33. The van der Waals surface area contributed by atoms with E-state index in [1.54, 1.807) is 12.1 Å². The third kappa shape index (κ3) is 3.28. The van der Waals surface area contributed by atoms with Crippen LogP contribution in [0.5, 0.6) is 11.5 Å². The summed E-state index contributed by atoms with van der Waals surface area (Å²) in [5, 5.41) is 18.7. The molecule has 0 radical (unpaired) electrons. The molecule has 3 N–H and O–H groups in total. The number of carbonyl (C=O) groups excluding carboxylic acids is 1. The summed E-state index contributed by atoms with van der Waals surface area (Å²) >= 11 is 2.06. The minimum Gasteiger partial charge on any atom is -0.490 e. The Balaban J connectivity index is 2.52. The number of nitriles is 1. The third-order valence-electron chi connectivity index (χ3n) is 2.65. The van der Waals surface area contributed by atoms with Gasteiger partial charge in [-0.25, -0.2) is 0 Å². The maximum absolute atomic E-state index is 11.4. The van der Waals surface area contributed by atoms with Gasteiger partial charge in [0.25, 0.3) is 5.91 Å². The normalized spacial score (nSPS) is 10.0. The van der Waals surface area contributed by atoms with Crippen LogP contribution in [0.4, 0.5) is 0 Å². The lowest BCUT2D eigenvalue weighted by molar-refractivity contribution is 0.0996. The topological polar surface area (TPSA) is 127 Å². The van der Waals surface area contributed by atoms with E-state index in [9.17, 15) is 4.79 Å². The number of nitrogens with zero attached hydrogens (tertiary/aromatic N) is 3. The SMILES string of the molecule is CCOc1cc(-c2n[nH]nc2C(N)=O)cc(I)c1OCC#N. The second-order valence-corrected chi connectivity index (χ2v) is 5.21. The Morgan fingerprint density at radius 3 is 2.86 bits per heavy atom. The molecule has 0 saturated heterocycles. The van der Waals surface area contributed by atoms with Crippen LogP contribution in [0.15, 0.2) is 12.1 Å². The van der Waals surface area contributed by atoms with Gasteiger partial charge in [0.15, 0.2) is 23.8 Å². The van der Waals surface area contributed by atoms with Gasteiger partial charge < -0.3 is 15.2 Å². The molecule has 0 bridgehead atoms. The zero-order valence-electron chi connectivity index (χ0n) is 11.6. The van der Waals surface area contributed by atoms with Gasteiger partial charge in [0.1, 0.15) is 11.8 Å². The van der Waals surface area contributed by atoms with Crippen LogP contribution < -0.4 is 15.2 Å². The number of aromatic nitrogens is 3. The van der Waals surface area contributed by atoms with Crippen LogP contribution in [0.2, 0.25) is 0 Å². The van der Waals surface area contributed by atoms with Gasteiger partial charge in [0.2, 0.25) is 0 Å². The minimum absolute atomic E-state index is 0.0453. The van der Waals surface area contributed by atoms with E-state index in [0.29, 0.717) is 32.9 Å². The second kappa shape index (κ2) is 7.08. The highest BCUT2D eigenvalue weighted by molar-refractivity contribution is 14.1. The van der Waals surface area contributed by atoms with Crippen LogP contribution in [-0.2, 0) is 0 Å². The van der Waals surface area contributed by atoms with Crippen molar-refractivity contribution in [3.63, 3.8) is 0 Å². The molecule has 22 heavy (non-hydrogen) atoms. The average Bonchev–Trinajstić information content (AvgIpc) is 2.96. The Morgan fingerprint density at radius 2 is 2.23 bits per heavy atom. The lowest BCUT2D eigenvalue weighted by Crippen LogP contribution is -2.13. The lowest BCUT2D eigenvalue weighted by Gasteiger charge is -2.13. The van der Waals surface area contributed by atoms with E-state index in [1.807, 2.05) is 13.0 Å². The molecule has 0 unspecified atom stereocenters. The molecule has 1 amide bonds. The van der Waals surface area contributed by atoms with Crippen LogP contribution in [-0.4, -0.2) is 34.5 Å². The molecule has 0 aliphatic carbocycles. The molecule has 2 rings (SSSR count). The number of aromatic amines is 1. The Kier molecular flexibility index (Phi) is 5.16. The van der Waals surface area contributed by atoms with Crippen molar-refractivity contribution in [3.05, 3.63) is 21.4 Å². The molecule has 0 spiro atoms. The molecule has 0 fully saturated rings. The Morgan fingerprint density at radius 1 is 1.45 bits per heavy atom. The molecule has 2 aromatic rings. The second-order valence-electron chi connectivity index (χ2n) is 4.05. The first-order chi connectivity index (χ1) is 10.6. The van der Waals surface area contributed by atoms with Gasteiger partial charge in [-0.2, -0.15) is 20.7 Å². The van der Waals surface area contributed by atoms with Crippen molar-refractivity contribution in [2.24, 2.45) is 5.73 Å². The molecule has 1 aromatic carbocycles. The first kappa shape index (κ1) is 16.0. The number of H-pyrrole nitrogens is 1. The third-order valence-corrected chi connectivity index (χ3v) is 3.45. The van der Waals surface area contributed by atoms with E-state index in [2.05, 4.69) is 38.0 Å². The van der Waals surface area contributed by atoms with Gasteiger partial charge in [-0.3, -0.25) is 4.79 Å². The summed E-state index contributed by atoms with van der Waals surface area (Å²) < 4.78 is 11.6. The summed E-state index contributed by atoms with van der Waals surface area (Å²) in [7, 11) is 0. The highest BCUT2D eigenvalue weighted by Gasteiger charge is 2.19. The van der Waals surface area contributed by atoms with Gasteiger partial charge in [0.05, 0.1) is 10.2 Å². The number of nitrogens with two attached hydrogens (primary N) is 1. The smallest absolute Gasteiger partial charge is 0.271 e. The summed E-state index contributed by atoms with van der Waals surface area (Å²) in [5.74, 6) is 0.247. The van der Waals surface area contributed by atoms with Crippen molar-refractivity contribution in [2.75, 3.05) is 13.2 Å². The summed E-state index contributed by atoms with van der Waals surface area (Å²) in [6.45, 7) is 2.16. The van der Waals surface area contributed by atoms with E-state index in [-0.39, 0.29) is 12.3 Å². The van der Waals surface area contributed by atoms with Crippen molar-refractivity contribution in [1.82, 2.24) is 15.4 Å². The highest BCUT2D eigenvalue weighted by Crippen LogP contribution is 2.37. The first-order valence-electron chi connectivity index (χ1n) is 6.25. The number of carbonyl (C=O) groups is 1. The molecule has 114 valence electrons. The monoisotopic (exact) mass is 413 g/mol. The van der Waals surface area contributed by atoms with E-state index in [0.717, 1.165) is 0 Å². The van der Waals surface area contributed by atoms with Gasteiger partial charge in [0, 0.05) is 5.56 Å². The van der Waals surface area contributed by atoms with Crippen LogP contribution >= 0.6 is 22.6 Å². The molecule has 8 nitrogen and oxygen atoms in total. The molecule has 0 aliphatic rings. The summed E-state index contributed by atoms with van der Waals surface area (Å²) in [5.41, 5.74) is 6.26. The zero-order valence-corrected chi connectivity index (χ0v) is 13.7. The fourth-order valence-electron chi connectivity index (χ4n) is 1.82. The van der Waals surface area contributed by atoms with E-state index in [4.69, 9.17) is 20.5 Å². The molecular weight excluding hydrogens is 401 g/mol. The number of halogens is 1. The molecule has 9 heteroatoms. The molecule has 1 aromatic heterocycles. The molecule has 0 atom stereocenters. The summed E-state index contributed by atoms with van der Waals surface area (Å²) in [6, 6.07) is 5.33. The minimum atomic E-state index is -0.679. The van der Waals surface area contributed by atoms with Crippen molar-refractivity contribution >= 4 is 28.5 Å². The lowest BCUT2D eigenvalue weighted by atomic mass is 10.1. The van der Waals surface area contributed by atoms with Crippen LogP contribution in [0.25, 0.3) is 11.3 Å². The molecule has 0 saturated carbocycles. The van der Waals surface area contributed by atoms with E-state index >= 15 is 0 Å². The predicted molar refractivity (Wildman–Crippen MR) is 85.3 cm³/mol. The number of rotatable bonds is 6. The van der Waals surface area contributed by atoms with E-state index < -0.39 is 5.91 Å². The Labute approximate surface area is 139 Å². The fourth-order valence-corrected chi connectivity index (χ4v) is 2.57. The van der Waals surface area contributed by atoms with Crippen LogP contribution in [0.1, 0.15) is 17.4 Å². The van der Waals surface area contributed by atoms with Gasteiger partial charge in [-0.15, -0.1) is 0 Å². The number of hydrogen-bond acceptors (Lipinski definition) is 6. The largest absolute Gasteiger partial charge is 0.490 e. The number of nitrogens with one attached hydrogen (secondary N) is 1.